The summed E-state index contributed by atoms with van der Waals surface area (Å²) in [5.74, 6) is -0.456. The number of unbranched alkanes of at least 4 members (excludes halogenated alkanes) is 5. The first kappa shape index (κ1) is 19.2. The number of rotatable bonds is 12. The van der Waals surface area contributed by atoms with Crippen LogP contribution in [0.4, 0.5) is 0 Å². The minimum atomic E-state index is -1.04. The molecule has 5 nitrogen and oxygen atoms in total. The molecule has 1 aromatic heterocycles. The Bertz CT molecular complexity index is 672. The molecule has 0 saturated carbocycles. The van der Waals surface area contributed by atoms with Crippen LogP contribution >= 0.6 is 0 Å². The van der Waals surface area contributed by atoms with Gasteiger partial charge >= 0.3 is 5.97 Å². The van der Waals surface area contributed by atoms with Crippen molar-refractivity contribution in [3.8, 4) is 5.75 Å². The van der Waals surface area contributed by atoms with Gasteiger partial charge in [0.05, 0.1) is 6.61 Å². The molecule has 0 bridgehead atoms. The van der Waals surface area contributed by atoms with Gasteiger partial charge in [0.25, 0.3) is 0 Å². The topological polar surface area (TPSA) is 68.7 Å². The van der Waals surface area contributed by atoms with Crippen molar-refractivity contribution in [1.29, 1.82) is 0 Å². The molecule has 0 spiro atoms. The Hall–Kier alpha value is -2.14. The second-order valence-corrected chi connectivity index (χ2v) is 6.06. The van der Waals surface area contributed by atoms with Gasteiger partial charge in [-0.05, 0) is 18.6 Å². The number of pyridine rings is 1. The van der Waals surface area contributed by atoms with Crippen molar-refractivity contribution in [3.05, 3.63) is 36.0 Å². The largest absolute Gasteiger partial charge is 0.489 e. The van der Waals surface area contributed by atoms with Gasteiger partial charge in [0.1, 0.15) is 23.6 Å². The minimum absolute atomic E-state index is 0.0165. The average Bonchev–Trinajstić information content (AvgIpc) is 2.63. The molecule has 136 valence electrons. The third-order valence-electron chi connectivity index (χ3n) is 4.03. The van der Waals surface area contributed by atoms with Crippen molar-refractivity contribution in [2.45, 2.75) is 45.4 Å². The van der Waals surface area contributed by atoms with Crippen LogP contribution in [0.5, 0.6) is 5.75 Å². The molecule has 0 aliphatic carbocycles. The summed E-state index contributed by atoms with van der Waals surface area (Å²) in [6.07, 6.45) is 7.48. The molecule has 5 heteroatoms. The van der Waals surface area contributed by atoms with Crippen LogP contribution in [-0.2, 0) is 4.74 Å². The zero-order chi connectivity index (χ0) is 17.9. The molecule has 2 rings (SSSR count). The quantitative estimate of drug-likeness (QED) is 0.565. The van der Waals surface area contributed by atoms with Crippen molar-refractivity contribution in [2.24, 2.45) is 0 Å². The summed E-state index contributed by atoms with van der Waals surface area (Å²) >= 11 is 0. The third kappa shape index (κ3) is 6.35. The maximum Gasteiger partial charge on any atom is 0.354 e. The first-order valence-electron chi connectivity index (χ1n) is 9.06. The fourth-order valence-electron chi connectivity index (χ4n) is 2.65. The van der Waals surface area contributed by atoms with Gasteiger partial charge < -0.3 is 14.6 Å². The Morgan fingerprint density at radius 3 is 2.60 bits per heavy atom. The number of nitrogens with zero attached hydrogens (tertiary/aromatic N) is 1. The molecular formula is C20H27NO4. The SMILES string of the molecule is CCCCCCCCOCCOc1cccc2ccc(C(=O)O)nc12. The van der Waals surface area contributed by atoms with Gasteiger partial charge in [0.15, 0.2) is 0 Å². The Labute approximate surface area is 149 Å². The molecule has 0 aliphatic rings. The molecule has 0 unspecified atom stereocenters. The lowest BCUT2D eigenvalue weighted by molar-refractivity contribution is 0.0691. The highest BCUT2D eigenvalue weighted by molar-refractivity contribution is 5.91. The number of aromatic nitrogens is 1. The van der Waals surface area contributed by atoms with Gasteiger partial charge in [-0.15, -0.1) is 0 Å². The number of aromatic carboxylic acids is 1. The Balaban J connectivity index is 1.74. The summed E-state index contributed by atoms with van der Waals surface area (Å²) in [4.78, 5) is 15.2. The van der Waals surface area contributed by atoms with Gasteiger partial charge in [-0.2, -0.15) is 0 Å². The van der Waals surface area contributed by atoms with Crippen LogP contribution in [0.2, 0.25) is 0 Å². The Morgan fingerprint density at radius 1 is 1.00 bits per heavy atom. The standard InChI is InChI=1S/C20H27NO4/c1-2-3-4-5-6-7-13-24-14-15-25-18-10-8-9-16-11-12-17(20(22)23)21-19(16)18/h8-12H,2-7,13-15H2,1H3,(H,22,23). The van der Waals surface area contributed by atoms with Gasteiger partial charge in [0.2, 0.25) is 0 Å². The summed E-state index contributed by atoms with van der Waals surface area (Å²) in [6.45, 7) is 3.92. The van der Waals surface area contributed by atoms with Crippen LogP contribution in [0.1, 0.15) is 55.9 Å². The summed E-state index contributed by atoms with van der Waals surface area (Å²) in [7, 11) is 0. The minimum Gasteiger partial charge on any atom is -0.489 e. The number of carbonyl (C=O) groups is 1. The molecule has 1 N–H and O–H groups in total. The van der Waals surface area contributed by atoms with Crippen LogP contribution in [0, 0.1) is 0 Å². The van der Waals surface area contributed by atoms with Gasteiger partial charge in [-0.1, -0.05) is 57.2 Å². The van der Waals surface area contributed by atoms with Crippen molar-refractivity contribution < 1.29 is 19.4 Å². The average molecular weight is 345 g/mol. The van der Waals surface area contributed by atoms with Crippen molar-refractivity contribution in [3.63, 3.8) is 0 Å². The molecule has 0 amide bonds. The molecule has 0 aliphatic heterocycles. The predicted octanol–water partition coefficient (Wildman–Crippen LogP) is 4.69. The second kappa shape index (κ2) is 10.7. The van der Waals surface area contributed by atoms with Gasteiger partial charge in [-0.25, -0.2) is 9.78 Å². The summed E-state index contributed by atoms with van der Waals surface area (Å²) in [5.41, 5.74) is 0.584. The number of hydrogen-bond donors (Lipinski definition) is 1. The number of carboxylic acids is 1. The van der Waals surface area contributed by atoms with E-state index in [1.807, 2.05) is 12.1 Å². The fourth-order valence-corrected chi connectivity index (χ4v) is 2.65. The van der Waals surface area contributed by atoms with Crippen LogP contribution in [0.15, 0.2) is 30.3 Å². The van der Waals surface area contributed by atoms with E-state index >= 15 is 0 Å². The number of para-hydroxylation sites is 1. The van der Waals surface area contributed by atoms with Gasteiger partial charge in [-0.3, -0.25) is 0 Å². The molecular weight excluding hydrogens is 318 g/mol. The maximum absolute atomic E-state index is 11.1. The lowest BCUT2D eigenvalue weighted by atomic mass is 10.1. The summed E-state index contributed by atoms with van der Waals surface area (Å²) < 4.78 is 11.3. The van der Waals surface area contributed by atoms with E-state index < -0.39 is 5.97 Å². The normalized spacial score (nSPS) is 10.9. The molecule has 0 radical (unpaired) electrons. The molecule has 0 atom stereocenters. The van der Waals surface area contributed by atoms with Crippen molar-refractivity contribution in [1.82, 2.24) is 4.98 Å². The molecule has 1 aromatic carbocycles. The van der Waals surface area contributed by atoms with E-state index in [0.717, 1.165) is 18.4 Å². The highest BCUT2D eigenvalue weighted by Crippen LogP contribution is 2.24. The first-order valence-corrected chi connectivity index (χ1v) is 9.06. The number of carboxylic acid groups (broad SMARTS) is 1. The van der Waals surface area contributed by atoms with E-state index in [1.165, 1.54) is 38.2 Å². The van der Waals surface area contributed by atoms with Gasteiger partial charge in [0, 0.05) is 12.0 Å². The number of benzene rings is 1. The Morgan fingerprint density at radius 2 is 1.80 bits per heavy atom. The predicted molar refractivity (Wildman–Crippen MR) is 98.4 cm³/mol. The second-order valence-electron chi connectivity index (χ2n) is 6.06. The monoisotopic (exact) mass is 345 g/mol. The lowest BCUT2D eigenvalue weighted by Crippen LogP contribution is -2.08. The smallest absolute Gasteiger partial charge is 0.354 e. The lowest BCUT2D eigenvalue weighted by Gasteiger charge is -2.10. The van der Waals surface area contributed by atoms with Crippen LogP contribution < -0.4 is 4.74 Å². The van der Waals surface area contributed by atoms with E-state index in [-0.39, 0.29) is 5.69 Å². The van der Waals surface area contributed by atoms with Crippen molar-refractivity contribution >= 4 is 16.9 Å². The van der Waals surface area contributed by atoms with E-state index in [2.05, 4.69) is 11.9 Å². The summed E-state index contributed by atoms with van der Waals surface area (Å²) in [6, 6.07) is 8.80. The maximum atomic E-state index is 11.1. The van der Waals surface area contributed by atoms with Crippen LogP contribution in [0.3, 0.4) is 0 Å². The highest BCUT2D eigenvalue weighted by Gasteiger charge is 2.09. The van der Waals surface area contributed by atoms with Crippen molar-refractivity contribution in [2.75, 3.05) is 19.8 Å². The zero-order valence-electron chi connectivity index (χ0n) is 14.9. The Kier molecular flexibility index (Phi) is 8.19. The number of ether oxygens (including phenoxy) is 2. The summed E-state index contributed by atoms with van der Waals surface area (Å²) in [5, 5.41) is 9.93. The molecule has 25 heavy (non-hydrogen) atoms. The molecule has 0 fully saturated rings. The number of hydrogen-bond acceptors (Lipinski definition) is 4. The third-order valence-corrected chi connectivity index (χ3v) is 4.03. The molecule has 2 aromatic rings. The number of fused-ring (bicyclic) bond motifs is 1. The first-order chi connectivity index (χ1) is 12.2. The molecule has 0 saturated heterocycles. The highest BCUT2D eigenvalue weighted by atomic mass is 16.5. The van der Waals surface area contributed by atoms with E-state index in [1.54, 1.807) is 12.1 Å². The van der Waals surface area contributed by atoms with Crippen LogP contribution in [-0.4, -0.2) is 35.9 Å². The fraction of sp³-hybridized carbons (Fsp3) is 0.500. The molecule has 1 heterocycles. The van der Waals surface area contributed by atoms with E-state index in [0.29, 0.717) is 24.5 Å². The van der Waals surface area contributed by atoms with Crippen LogP contribution in [0.25, 0.3) is 10.9 Å². The van der Waals surface area contributed by atoms with E-state index in [4.69, 9.17) is 14.6 Å². The zero-order valence-corrected chi connectivity index (χ0v) is 14.9. The van der Waals surface area contributed by atoms with E-state index in [9.17, 15) is 4.79 Å².